The second-order valence-electron chi connectivity index (χ2n) is 6.07. The number of carbonyl (C=O) groups excluding carboxylic acids is 1. The van der Waals surface area contributed by atoms with Crippen LogP contribution in [0, 0.1) is 17.0 Å². The van der Waals surface area contributed by atoms with E-state index in [1.54, 1.807) is 0 Å². The Hall–Kier alpha value is -2.78. The highest BCUT2D eigenvalue weighted by Gasteiger charge is 2.26. The minimum Gasteiger partial charge on any atom is -0.395 e. The van der Waals surface area contributed by atoms with Crippen LogP contribution in [0.25, 0.3) is 10.2 Å². The van der Waals surface area contributed by atoms with Crippen LogP contribution in [0.1, 0.15) is 16.1 Å². The molecule has 0 unspecified atom stereocenters. The predicted octanol–water partition coefficient (Wildman–Crippen LogP) is 3.31. The van der Waals surface area contributed by atoms with E-state index >= 15 is 0 Å². The van der Waals surface area contributed by atoms with Gasteiger partial charge in [-0.1, -0.05) is 23.5 Å². The molecule has 8 nitrogen and oxygen atoms in total. The molecule has 0 radical (unpaired) electrons. The highest BCUT2D eigenvalue weighted by atomic mass is 32.1. The van der Waals surface area contributed by atoms with Gasteiger partial charge >= 0.3 is 5.88 Å². The Bertz CT molecular complexity index is 963. The lowest BCUT2D eigenvalue weighted by Gasteiger charge is -2.20. The zero-order valence-corrected chi connectivity index (χ0v) is 15.4. The first-order chi connectivity index (χ1) is 12.4. The lowest BCUT2D eigenvalue weighted by molar-refractivity contribution is -0.402. The highest BCUT2D eigenvalue weighted by molar-refractivity contribution is 7.22. The summed E-state index contributed by atoms with van der Waals surface area (Å²) in [6.07, 6.45) is 0. The molecule has 26 heavy (non-hydrogen) atoms. The molecule has 0 saturated carbocycles. The number of thiazole rings is 1. The van der Waals surface area contributed by atoms with Crippen molar-refractivity contribution in [2.75, 3.05) is 32.1 Å². The van der Waals surface area contributed by atoms with Crippen molar-refractivity contribution in [3.8, 4) is 0 Å². The number of para-hydroxylation sites is 1. The quantitative estimate of drug-likeness (QED) is 0.485. The van der Waals surface area contributed by atoms with E-state index in [0.29, 0.717) is 18.2 Å². The van der Waals surface area contributed by atoms with Crippen LogP contribution >= 0.6 is 11.3 Å². The first kappa shape index (κ1) is 18.0. The number of hydrogen-bond acceptors (Lipinski definition) is 7. The van der Waals surface area contributed by atoms with E-state index in [1.807, 2.05) is 44.1 Å². The van der Waals surface area contributed by atoms with Crippen molar-refractivity contribution in [1.29, 1.82) is 0 Å². The molecule has 0 atom stereocenters. The predicted molar refractivity (Wildman–Crippen MR) is 99.9 cm³/mol. The van der Waals surface area contributed by atoms with Gasteiger partial charge in [0.05, 0.1) is 16.3 Å². The Balaban J connectivity index is 1.98. The van der Waals surface area contributed by atoms with Gasteiger partial charge in [0.25, 0.3) is 5.91 Å². The summed E-state index contributed by atoms with van der Waals surface area (Å²) in [5.41, 5.74) is 1.87. The second kappa shape index (κ2) is 7.22. The zero-order valence-electron chi connectivity index (χ0n) is 14.6. The Morgan fingerprint density at radius 3 is 2.65 bits per heavy atom. The van der Waals surface area contributed by atoms with E-state index in [-0.39, 0.29) is 5.76 Å². The van der Waals surface area contributed by atoms with E-state index in [9.17, 15) is 14.9 Å². The fraction of sp³-hybridized carbons (Fsp3) is 0.294. The number of fused-ring (bicyclic) bond motifs is 1. The molecule has 9 heteroatoms. The summed E-state index contributed by atoms with van der Waals surface area (Å²) in [5.74, 6) is -0.982. The van der Waals surface area contributed by atoms with Gasteiger partial charge < -0.3 is 9.32 Å². The maximum absolute atomic E-state index is 12.9. The van der Waals surface area contributed by atoms with Crippen molar-refractivity contribution < 1.29 is 14.1 Å². The van der Waals surface area contributed by atoms with E-state index in [1.165, 1.54) is 28.4 Å². The van der Waals surface area contributed by atoms with Gasteiger partial charge in [-0.3, -0.25) is 19.8 Å². The monoisotopic (exact) mass is 374 g/mol. The van der Waals surface area contributed by atoms with Crippen molar-refractivity contribution in [3.05, 3.63) is 51.8 Å². The lowest BCUT2D eigenvalue weighted by Crippen LogP contribution is -2.36. The summed E-state index contributed by atoms with van der Waals surface area (Å²) in [7, 11) is 3.81. The van der Waals surface area contributed by atoms with Crippen molar-refractivity contribution in [2.45, 2.75) is 6.92 Å². The Kier molecular flexibility index (Phi) is 5.01. The minimum atomic E-state index is -0.665. The summed E-state index contributed by atoms with van der Waals surface area (Å²) in [4.78, 5) is 31.1. The molecule has 1 amide bonds. The third-order valence-corrected chi connectivity index (χ3v) is 4.88. The Labute approximate surface area is 153 Å². The summed E-state index contributed by atoms with van der Waals surface area (Å²) in [6.45, 7) is 2.97. The van der Waals surface area contributed by atoms with Gasteiger partial charge in [-0.2, -0.15) is 0 Å². The van der Waals surface area contributed by atoms with Gasteiger partial charge in [-0.05, 0) is 38.7 Å². The van der Waals surface area contributed by atoms with E-state index in [4.69, 9.17) is 4.42 Å². The normalized spacial score (nSPS) is 11.2. The summed E-state index contributed by atoms with van der Waals surface area (Å²) in [6, 6.07) is 8.37. The summed E-state index contributed by atoms with van der Waals surface area (Å²) >= 11 is 1.41. The van der Waals surface area contributed by atoms with Gasteiger partial charge in [0.15, 0.2) is 10.9 Å². The Morgan fingerprint density at radius 2 is 2.04 bits per heavy atom. The third kappa shape index (κ3) is 3.58. The standard InChI is InChI=1S/C17H18N4O4S/c1-11-5-4-6-13-15(11)18-17(26-13)20(10-9-19(2)3)16(22)12-7-8-14(25-12)21(23)24/h4-8H,9-10H2,1-3H3. The number of carbonyl (C=O) groups is 1. The molecular formula is C17H18N4O4S. The van der Waals surface area contributed by atoms with Crippen LogP contribution in [0.15, 0.2) is 34.7 Å². The minimum absolute atomic E-state index is 0.0774. The van der Waals surface area contributed by atoms with Gasteiger partial charge in [0.1, 0.15) is 4.92 Å². The number of nitrogens with zero attached hydrogens (tertiary/aromatic N) is 4. The average Bonchev–Trinajstić information content (AvgIpc) is 3.22. The van der Waals surface area contributed by atoms with Crippen LogP contribution in [-0.2, 0) is 0 Å². The first-order valence-corrected chi connectivity index (χ1v) is 8.75. The average molecular weight is 374 g/mol. The molecule has 2 heterocycles. The first-order valence-electron chi connectivity index (χ1n) is 7.94. The smallest absolute Gasteiger partial charge is 0.395 e. The van der Waals surface area contributed by atoms with Crippen LogP contribution in [0.5, 0.6) is 0 Å². The third-order valence-electron chi connectivity index (χ3n) is 3.84. The molecule has 0 aliphatic rings. The molecule has 0 fully saturated rings. The molecule has 0 aliphatic heterocycles. The molecule has 1 aromatic carbocycles. The summed E-state index contributed by atoms with van der Waals surface area (Å²) < 4.78 is 6.07. The van der Waals surface area contributed by atoms with Crippen molar-refractivity contribution in [3.63, 3.8) is 0 Å². The van der Waals surface area contributed by atoms with Gasteiger partial charge in [-0.15, -0.1) is 0 Å². The highest BCUT2D eigenvalue weighted by Crippen LogP contribution is 2.31. The molecule has 2 aromatic heterocycles. The molecule has 136 valence electrons. The van der Waals surface area contributed by atoms with Crippen LogP contribution in [-0.4, -0.2) is 47.9 Å². The van der Waals surface area contributed by atoms with Crippen LogP contribution in [0.2, 0.25) is 0 Å². The second-order valence-corrected chi connectivity index (χ2v) is 7.08. The SMILES string of the molecule is Cc1cccc2sc(N(CCN(C)C)C(=O)c3ccc([N+](=O)[O-])o3)nc12. The van der Waals surface area contributed by atoms with Crippen molar-refractivity contribution >= 4 is 38.5 Å². The Morgan fingerprint density at radius 1 is 1.27 bits per heavy atom. The lowest BCUT2D eigenvalue weighted by atomic mass is 10.2. The molecule has 0 N–H and O–H groups in total. The number of amides is 1. The van der Waals surface area contributed by atoms with Gasteiger partial charge in [0.2, 0.25) is 0 Å². The fourth-order valence-electron chi connectivity index (χ4n) is 2.45. The number of rotatable bonds is 6. The van der Waals surface area contributed by atoms with Crippen LogP contribution in [0.3, 0.4) is 0 Å². The molecule has 0 spiro atoms. The number of hydrogen-bond donors (Lipinski definition) is 0. The fourth-order valence-corrected chi connectivity index (χ4v) is 3.52. The summed E-state index contributed by atoms with van der Waals surface area (Å²) in [5, 5.41) is 11.4. The molecule has 0 bridgehead atoms. The van der Waals surface area contributed by atoms with Crippen molar-refractivity contribution in [1.82, 2.24) is 9.88 Å². The van der Waals surface area contributed by atoms with E-state index < -0.39 is 16.7 Å². The number of anilines is 1. The maximum Gasteiger partial charge on any atom is 0.433 e. The number of nitro groups is 1. The van der Waals surface area contributed by atoms with Crippen molar-refractivity contribution in [2.24, 2.45) is 0 Å². The van der Waals surface area contributed by atoms with Crippen LogP contribution in [0.4, 0.5) is 11.0 Å². The number of furan rings is 1. The maximum atomic E-state index is 12.9. The van der Waals surface area contributed by atoms with Gasteiger partial charge in [0, 0.05) is 13.1 Å². The number of aryl methyl sites for hydroxylation is 1. The number of benzene rings is 1. The molecule has 0 aliphatic carbocycles. The van der Waals surface area contributed by atoms with Gasteiger partial charge in [-0.25, -0.2) is 4.98 Å². The van der Waals surface area contributed by atoms with E-state index in [2.05, 4.69) is 4.98 Å². The molecule has 0 saturated heterocycles. The molecule has 3 rings (SSSR count). The van der Waals surface area contributed by atoms with E-state index in [0.717, 1.165) is 15.8 Å². The van der Waals surface area contributed by atoms with Crippen LogP contribution < -0.4 is 4.90 Å². The number of likely N-dealkylation sites (N-methyl/N-ethyl adjacent to an activating group) is 1. The molecule has 3 aromatic rings. The number of aromatic nitrogens is 1. The zero-order chi connectivity index (χ0) is 18.8. The topological polar surface area (TPSA) is 92.7 Å². The largest absolute Gasteiger partial charge is 0.433 e. The molecular weight excluding hydrogens is 356 g/mol.